The van der Waals surface area contributed by atoms with Gasteiger partial charge in [0.1, 0.15) is 0 Å². The second-order valence-corrected chi connectivity index (χ2v) is 8.88. The zero-order valence-electron chi connectivity index (χ0n) is 18.1. The van der Waals surface area contributed by atoms with Gasteiger partial charge in [-0.3, -0.25) is 4.57 Å². The Labute approximate surface area is 196 Å². The van der Waals surface area contributed by atoms with Gasteiger partial charge >= 0.3 is 0 Å². The molecule has 0 saturated carbocycles. The number of fused-ring (bicyclic) bond motifs is 2. The molecule has 0 spiro atoms. The lowest BCUT2D eigenvalue weighted by Gasteiger charge is -2.11. The second-order valence-electron chi connectivity index (χ2n) is 8.05. The van der Waals surface area contributed by atoms with E-state index in [1.54, 1.807) is 11.3 Å². The molecule has 0 aliphatic carbocycles. The number of pyridine rings is 1. The Hall–Kier alpha value is -4.02. The third-order valence-electron chi connectivity index (χ3n) is 5.84. The number of hydrogen-bond donors (Lipinski definition) is 0. The Bertz CT molecular complexity index is 1610. The van der Waals surface area contributed by atoms with E-state index in [1.807, 2.05) is 18.2 Å². The molecule has 0 amide bonds. The maximum atomic E-state index is 5.28. The minimum absolute atomic E-state index is 0.930. The molecule has 0 radical (unpaired) electrons. The topological polar surface area (TPSA) is 30.2 Å². The molecule has 4 aromatic carbocycles. The minimum Gasteiger partial charge on any atom is -0.285 e. The normalized spacial score (nSPS) is 12.0. The molecule has 158 valence electrons. The first-order valence-electron chi connectivity index (χ1n) is 10.9. The largest absolute Gasteiger partial charge is 0.285 e. The Morgan fingerprint density at radius 3 is 1.97 bits per heavy atom. The maximum absolute atomic E-state index is 5.28. The molecule has 6 aromatic rings. The van der Waals surface area contributed by atoms with Gasteiger partial charge < -0.3 is 0 Å². The summed E-state index contributed by atoms with van der Waals surface area (Å²) in [7, 11) is 0. The summed E-state index contributed by atoms with van der Waals surface area (Å²) in [5, 5.41) is 4.31. The molecule has 0 atom stereocenters. The number of benzene rings is 4. The molecule has 4 heteroatoms. The van der Waals surface area contributed by atoms with Crippen molar-refractivity contribution in [2.75, 3.05) is 0 Å². The van der Waals surface area contributed by atoms with Crippen LogP contribution < -0.4 is 4.80 Å². The van der Waals surface area contributed by atoms with E-state index in [0.29, 0.717) is 0 Å². The number of rotatable bonds is 3. The minimum atomic E-state index is 0.930. The van der Waals surface area contributed by atoms with Crippen molar-refractivity contribution < 1.29 is 0 Å². The Kier molecular flexibility index (Phi) is 4.85. The third kappa shape index (κ3) is 3.55. The highest BCUT2D eigenvalue weighted by atomic mass is 32.1. The molecule has 2 heterocycles. The van der Waals surface area contributed by atoms with Crippen LogP contribution in [0.5, 0.6) is 0 Å². The van der Waals surface area contributed by atoms with Crippen LogP contribution in [0.25, 0.3) is 38.8 Å². The van der Waals surface area contributed by atoms with Crippen molar-refractivity contribution in [1.29, 1.82) is 0 Å². The van der Waals surface area contributed by atoms with E-state index >= 15 is 0 Å². The molecule has 0 bridgehead atoms. The van der Waals surface area contributed by atoms with Gasteiger partial charge in [-0.25, -0.2) is 9.98 Å². The van der Waals surface area contributed by atoms with E-state index < -0.39 is 0 Å². The predicted octanol–water partition coefficient (Wildman–Crippen LogP) is 7.45. The van der Waals surface area contributed by atoms with E-state index in [1.165, 1.54) is 11.1 Å². The maximum Gasteiger partial charge on any atom is 0.195 e. The molecule has 2 aromatic heterocycles. The first-order chi connectivity index (χ1) is 16.3. The van der Waals surface area contributed by atoms with Gasteiger partial charge in [0.25, 0.3) is 0 Å². The number of aromatic nitrogens is 2. The van der Waals surface area contributed by atoms with Crippen LogP contribution >= 0.6 is 11.3 Å². The highest BCUT2D eigenvalue weighted by Gasteiger charge is 2.13. The van der Waals surface area contributed by atoms with E-state index in [2.05, 4.69) is 102 Å². The van der Waals surface area contributed by atoms with E-state index in [0.717, 1.165) is 43.7 Å². The Morgan fingerprint density at radius 2 is 1.30 bits per heavy atom. The zero-order chi connectivity index (χ0) is 22.2. The van der Waals surface area contributed by atoms with Crippen molar-refractivity contribution in [3.8, 4) is 16.9 Å². The predicted molar refractivity (Wildman–Crippen MR) is 138 cm³/mol. The zero-order valence-corrected chi connectivity index (χ0v) is 19.0. The van der Waals surface area contributed by atoms with Crippen molar-refractivity contribution >= 4 is 38.8 Å². The average molecular weight is 444 g/mol. The summed E-state index contributed by atoms with van der Waals surface area (Å²) in [6, 6.07) is 35.6. The van der Waals surface area contributed by atoms with Gasteiger partial charge in [-0.15, -0.1) is 11.3 Å². The number of para-hydroxylation sites is 2. The summed E-state index contributed by atoms with van der Waals surface area (Å²) in [5.41, 5.74) is 7.50. The average Bonchev–Trinajstić information content (AvgIpc) is 3.28. The van der Waals surface area contributed by atoms with Gasteiger partial charge in [-0.2, -0.15) is 0 Å². The molecule has 0 unspecified atom stereocenters. The van der Waals surface area contributed by atoms with Gasteiger partial charge in [0.2, 0.25) is 0 Å². The van der Waals surface area contributed by atoms with Gasteiger partial charge in [0, 0.05) is 21.8 Å². The number of nitrogens with zero attached hydrogens (tertiary/aromatic N) is 3. The summed E-state index contributed by atoms with van der Waals surface area (Å²) < 4.78 is 2.25. The molecular formula is C29H21N3S. The second kappa shape index (κ2) is 8.15. The molecule has 33 heavy (non-hydrogen) atoms. The molecule has 0 aliphatic rings. The van der Waals surface area contributed by atoms with Crippen LogP contribution in [0.2, 0.25) is 0 Å². The molecular weight excluding hydrogens is 422 g/mol. The van der Waals surface area contributed by atoms with Crippen LogP contribution in [0.15, 0.2) is 114 Å². The SMILES string of the molecule is Cc1ccc(-n2c(-c3ccccc3)csc2=Nc2c3ccccc3nc3ccccc23)cc1. The smallest absolute Gasteiger partial charge is 0.195 e. The first-order valence-corrected chi connectivity index (χ1v) is 11.8. The van der Waals surface area contributed by atoms with Crippen LogP contribution in [0, 0.1) is 6.92 Å². The fourth-order valence-electron chi connectivity index (χ4n) is 4.18. The molecule has 3 nitrogen and oxygen atoms in total. The van der Waals surface area contributed by atoms with Crippen LogP contribution in [0.1, 0.15) is 5.56 Å². The first kappa shape index (κ1) is 19.6. The molecule has 6 rings (SSSR count). The fourth-order valence-corrected chi connectivity index (χ4v) is 5.09. The molecule has 0 N–H and O–H groups in total. The lowest BCUT2D eigenvalue weighted by atomic mass is 10.1. The van der Waals surface area contributed by atoms with Gasteiger partial charge in [0.15, 0.2) is 4.80 Å². The standard InChI is InChI=1S/C29H21N3S/c1-20-15-17-22(18-16-20)32-27(21-9-3-2-4-10-21)19-33-29(32)31-28-23-11-5-7-13-25(23)30-26-14-8-6-12-24(26)28/h2-19H,1H3. The highest BCUT2D eigenvalue weighted by Crippen LogP contribution is 2.33. The van der Waals surface area contributed by atoms with E-state index in [9.17, 15) is 0 Å². The van der Waals surface area contributed by atoms with Crippen molar-refractivity contribution in [2.24, 2.45) is 4.99 Å². The Balaban J connectivity index is 1.70. The summed E-state index contributed by atoms with van der Waals surface area (Å²) >= 11 is 1.66. The van der Waals surface area contributed by atoms with Crippen LogP contribution in [0.4, 0.5) is 5.69 Å². The quantitative estimate of drug-likeness (QED) is 0.261. The van der Waals surface area contributed by atoms with Crippen molar-refractivity contribution in [2.45, 2.75) is 6.92 Å². The summed E-state index contributed by atoms with van der Waals surface area (Å²) in [6.45, 7) is 2.11. The highest BCUT2D eigenvalue weighted by molar-refractivity contribution is 7.07. The third-order valence-corrected chi connectivity index (χ3v) is 6.66. The summed E-state index contributed by atoms with van der Waals surface area (Å²) in [4.78, 5) is 11.1. The molecule has 0 aliphatic heterocycles. The summed E-state index contributed by atoms with van der Waals surface area (Å²) in [5.74, 6) is 0. The van der Waals surface area contributed by atoms with Crippen LogP contribution in [-0.2, 0) is 0 Å². The van der Waals surface area contributed by atoms with Crippen molar-refractivity contribution in [1.82, 2.24) is 9.55 Å². The molecule has 0 saturated heterocycles. The fraction of sp³-hybridized carbons (Fsp3) is 0.0345. The van der Waals surface area contributed by atoms with Crippen molar-refractivity contribution in [3.05, 3.63) is 119 Å². The monoisotopic (exact) mass is 443 g/mol. The van der Waals surface area contributed by atoms with E-state index in [4.69, 9.17) is 9.98 Å². The lowest BCUT2D eigenvalue weighted by Crippen LogP contribution is -2.13. The Morgan fingerprint density at radius 1 is 0.697 bits per heavy atom. The number of thiazole rings is 1. The lowest BCUT2D eigenvalue weighted by molar-refractivity contribution is 1.01. The van der Waals surface area contributed by atoms with Gasteiger partial charge in [-0.1, -0.05) is 84.4 Å². The van der Waals surface area contributed by atoms with Crippen molar-refractivity contribution in [3.63, 3.8) is 0 Å². The van der Waals surface area contributed by atoms with Gasteiger partial charge in [-0.05, 0) is 36.8 Å². The number of hydrogen-bond acceptors (Lipinski definition) is 3. The van der Waals surface area contributed by atoms with Gasteiger partial charge in [0.05, 0.1) is 22.4 Å². The van der Waals surface area contributed by atoms with Crippen LogP contribution in [0.3, 0.4) is 0 Å². The van der Waals surface area contributed by atoms with E-state index in [-0.39, 0.29) is 0 Å². The van der Waals surface area contributed by atoms with Crippen LogP contribution in [-0.4, -0.2) is 9.55 Å². The number of aryl methyl sites for hydroxylation is 1. The molecule has 0 fully saturated rings. The summed E-state index contributed by atoms with van der Waals surface area (Å²) in [6.07, 6.45) is 0.